The summed E-state index contributed by atoms with van der Waals surface area (Å²) in [7, 11) is -2.32. The van der Waals surface area contributed by atoms with Gasteiger partial charge in [-0.3, -0.25) is 4.79 Å². The van der Waals surface area contributed by atoms with Crippen LogP contribution in [0.4, 0.5) is 5.69 Å². The van der Waals surface area contributed by atoms with Gasteiger partial charge in [0.2, 0.25) is 15.9 Å². The van der Waals surface area contributed by atoms with E-state index in [2.05, 4.69) is 12.2 Å². The Balaban J connectivity index is 1.84. The first-order valence-electron chi connectivity index (χ1n) is 11.3. The average molecular weight is 459 g/mol. The second-order valence-electron chi connectivity index (χ2n) is 8.72. The van der Waals surface area contributed by atoms with Crippen molar-refractivity contribution < 1.29 is 17.9 Å². The first kappa shape index (κ1) is 24.3. The van der Waals surface area contributed by atoms with E-state index < -0.39 is 15.9 Å². The van der Waals surface area contributed by atoms with Gasteiger partial charge in [0.15, 0.2) is 0 Å². The van der Waals surface area contributed by atoms with Crippen LogP contribution >= 0.6 is 0 Å². The number of sulfonamides is 1. The van der Waals surface area contributed by atoms with E-state index in [0.29, 0.717) is 25.1 Å². The molecular weight excluding hydrogens is 424 g/mol. The molecule has 0 radical (unpaired) electrons. The van der Waals surface area contributed by atoms with Gasteiger partial charge in [0.25, 0.3) is 0 Å². The van der Waals surface area contributed by atoms with Crippen molar-refractivity contribution in [2.45, 2.75) is 57.8 Å². The van der Waals surface area contributed by atoms with E-state index in [1.807, 2.05) is 45.0 Å². The predicted molar refractivity (Wildman–Crippen MR) is 128 cm³/mol. The number of ether oxygens (including phenoxy) is 1. The quantitative estimate of drug-likeness (QED) is 0.651. The summed E-state index contributed by atoms with van der Waals surface area (Å²) in [4.78, 5) is 13.3. The molecule has 2 aromatic rings. The molecule has 32 heavy (non-hydrogen) atoms. The molecule has 0 aliphatic carbocycles. The van der Waals surface area contributed by atoms with Crippen molar-refractivity contribution in [3.63, 3.8) is 0 Å². The van der Waals surface area contributed by atoms with Crippen LogP contribution in [0.15, 0.2) is 41.3 Å². The summed E-state index contributed by atoms with van der Waals surface area (Å²) in [5, 5.41) is 3.07. The van der Waals surface area contributed by atoms with Crippen LogP contribution in [0.1, 0.15) is 56.2 Å². The van der Waals surface area contributed by atoms with Gasteiger partial charge in [0.05, 0.1) is 13.0 Å². The number of piperidine rings is 1. The maximum Gasteiger partial charge on any atom is 0.246 e. The minimum absolute atomic E-state index is 0.128. The lowest BCUT2D eigenvalue weighted by Crippen LogP contribution is -2.43. The Bertz CT molecular complexity index is 1080. The van der Waals surface area contributed by atoms with Crippen molar-refractivity contribution in [2.24, 2.45) is 5.92 Å². The molecule has 1 N–H and O–H groups in total. The Morgan fingerprint density at radius 1 is 1.25 bits per heavy atom. The fourth-order valence-electron chi connectivity index (χ4n) is 4.20. The van der Waals surface area contributed by atoms with Crippen molar-refractivity contribution in [1.29, 1.82) is 0 Å². The lowest BCUT2D eigenvalue weighted by Gasteiger charge is -2.32. The number of carbonyl (C=O) groups excluding carboxylic acids is 1. The van der Waals surface area contributed by atoms with Gasteiger partial charge in [-0.15, -0.1) is 0 Å². The van der Waals surface area contributed by atoms with E-state index in [9.17, 15) is 13.2 Å². The number of carbonyl (C=O) groups is 1. The van der Waals surface area contributed by atoms with Crippen molar-refractivity contribution in [2.75, 3.05) is 25.5 Å². The van der Waals surface area contributed by atoms with E-state index in [0.717, 1.165) is 28.8 Å². The number of methoxy groups -OCH3 is 1. The molecule has 1 amide bonds. The standard InChI is InChI=1S/C25H34N2O4S/c1-6-19-10-7-9-18(4)24(19)26-25(28)21-11-8-14-27(16-21)32(29,30)23-15-20(17(2)3)12-13-22(23)31-5/h7,9-10,12-13,15,17,21H,6,8,11,14,16H2,1-5H3,(H,26,28)/t21-/m1/s1. The largest absolute Gasteiger partial charge is 0.495 e. The Kier molecular flexibility index (Phi) is 7.62. The SMILES string of the molecule is CCc1cccc(C)c1NC(=O)[C@@H]1CCCN(S(=O)(=O)c2cc(C(C)C)ccc2OC)C1. The summed E-state index contributed by atoms with van der Waals surface area (Å²) in [5.74, 6) is -0.0102. The fourth-order valence-corrected chi connectivity index (χ4v) is 5.91. The van der Waals surface area contributed by atoms with E-state index >= 15 is 0 Å². The lowest BCUT2D eigenvalue weighted by atomic mass is 9.98. The number of anilines is 1. The van der Waals surface area contributed by atoms with Gasteiger partial charge >= 0.3 is 0 Å². The normalized spacial score (nSPS) is 17.4. The molecule has 1 aliphatic heterocycles. The number of para-hydroxylation sites is 1. The molecule has 1 atom stereocenters. The molecule has 6 nitrogen and oxygen atoms in total. The number of hydrogen-bond donors (Lipinski definition) is 1. The number of nitrogens with one attached hydrogen (secondary N) is 1. The maximum atomic E-state index is 13.5. The monoisotopic (exact) mass is 458 g/mol. The van der Waals surface area contributed by atoms with Gasteiger partial charge < -0.3 is 10.1 Å². The molecule has 1 saturated heterocycles. The van der Waals surface area contributed by atoms with Gasteiger partial charge in [-0.1, -0.05) is 45.0 Å². The van der Waals surface area contributed by atoms with E-state index in [-0.39, 0.29) is 23.3 Å². The summed E-state index contributed by atoms with van der Waals surface area (Å²) in [6.45, 7) is 8.63. The number of benzene rings is 2. The van der Waals surface area contributed by atoms with Crippen LogP contribution < -0.4 is 10.1 Å². The fraction of sp³-hybridized carbons (Fsp3) is 0.480. The van der Waals surface area contributed by atoms with Gasteiger partial charge in [-0.05, 0) is 60.9 Å². The van der Waals surface area contributed by atoms with Crippen molar-refractivity contribution in [3.05, 3.63) is 53.1 Å². The molecule has 0 unspecified atom stereocenters. The highest BCUT2D eigenvalue weighted by Gasteiger charge is 2.35. The van der Waals surface area contributed by atoms with Gasteiger partial charge in [-0.2, -0.15) is 4.31 Å². The molecular formula is C25H34N2O4S. The highest BCUT2D eigenvalue weighted by molar-refractivity contribution is 7.89. The predicted octanol–water partition coefficient (Wildman–Crippen LogP) is 4.73. The summed E-state index contributed by atoms with van der Waals surface area (Å²) < 4.78 is 33.9. The lowest BCUT2D eigenvalue weighted by molar-refractivity contribution is -0.120. The Morgan fingerprint density at radius 2 is 2.00 bits per heavy atom. The van der Waals surface area contributed by atoms with E-state index in [4.69, 9.17) is 4.74 Å². The van der Waals surface area contributed by atoms with Crippen LogP contribution in [0.3, 0.4) is 0 Å². The van der Waals surface area contributed by atoms with E-state index in [1.165, 1.54) is 11.4 Å². The Labute approximate surface area is 192 Å². The third-order valence-electron chi connectivity index (χ3n) is 6.22. The van der Waals surface area contributed by atoms with Gasteiger partial charge in [-0.25, -0.2) is 8.42 Å². The van der Waals surface area contributed by atoms with Crippen LogP contribution in [-0.2, 0) is 21.2 Å². The number of nitrogens with zero attached hydrogens (tertiary/aromatic N) is 1. The molecule has 2 aromatic carbocycles. The Hall–Kier alpha value is -2.38. The van der Waals surface area contributed by atoms with Crippen molar-refractivity contribution in [3.8, 4) is 5.75 Å². The molecule has 3 rings (SSSR count). The van der Waals surface area contributed by atoms with Crippen LogP contribution in [0.25, 0.3) is 0 Å². The van der Waals surface area contributed by atoms with Crippen LogP contribution in [-0.4, -0.2) is 38.8 Å². The second kappa shape index (κ2) is 10.0. The number of aryl methyl sites for hydroxylation is 2. The number of amides is 1. The minimum Gasteiger partial charge on any atom is -0.495 e. The highest BCUT2D eigenvalue weighted by Crippen LogP contribution is 2.33. The first-order chi connectivity index (χ1) is 15.2. The third kappa shape index (κ3) is 4.99. The first-order valence-corrected chi connectivity index (χ1v) is 12.7. The zero-order valence-corrected chi connectivity index (χ0v) is 20.5. The van der Waals surface area contributed by atoms with Gasteiger partial charge in [0.1, 0.15) is 10.6 Å². The topological polar surface area (TPSA) is 75.7 Å². The highest BCUT2D eigenvalue weighted by atomic mass is 32.2. The minimum atomic E-state index is -3.79. The zero-order chi connectivity index (χ0) is 23.5. The van der Waals surface area contributed by atoms with Crippen molar-refractivity contribution >= 4 is 21.6 Å². The number of hydrogen-bond acceptors (Lipinski definition) is 4. The third-order valence-corrected chi connectivity index (χ3v) is 8.10. The maximum absolute atomic E-state index is 13.5. The van der Waals surface area contributed by atoms with Gasteiger partial charge in [0, 0.05) is 18.8 Å². The number of rotatable bonds is 7. The Morgan fingerprint density at radius 3 is 2.66 bits per heavy atom. The molecule has 0 saturated carbocycles. The molecule has 174 valence electrons. The molecule has 1 heterocycles. The average Bonchev–Trinajstić information content (AvgIpc) is 2.79. The molecule has 1 fully saturated rings. The van der Waals surface area contributed by atoms with E-state index in [1.54, 1.807) is 12.1 Å². The molecule has 1 aliphatic rings. The molecule has 0 bridgehead atoms. The summed E-state index contributed by atoms with van der Waals surface area (Å²) in [6, 6.07) is 11.3. The second-order valence-corrected chi connectivity index (χ2v) is 10.6. The summed E-state index contributed by atoms with van der Waals surface area (Å²) in [6.07, 6.45) is 2.11. The van der Waals surface area contributed by atoms with Crippen molar-refractivity contribution in [1.82, 2.24) is 4.31 Å². The molecule has 0 aromatic heterocycles. The molecule has 0 spiro atoms. The molecule has 7 heteroatoms. The smallest absolute Gasteiger partial charge is 0.246 e. The summed E-state index contributed by atoms with van der Waals surface area (Å²) in [5.41, 5.74) is 3.86. The van der Waals surface area contributed by atoms with Crippen LogP contribution in [0.5, 0.6) is 5.75 Å². The van der Waals surface area contributed by atoms with Crippen LogP contribution in [0.2, 0.25) is 0 Å². The zero-order valence-electron chi connectivity index (χ0n) is 19.6. The summed E-state index contributed by atoms with van der Waals surface area (Å²) >= 11 is 0. The van der Waals surface area contributed by atoms with Crippen LogP contribution in [0, 0.1) is 12.8 Å².